The smallest absolute Gasteiger partial charge is 0.335 e. The van der Waals surface area contributed by atoms with E-state index in [1.807, 2.05) is 0 Å². The first-order chi connectivity index (χ1) is 11.5. The summed E-state index contributed by atoms with van der Waals surface area (Å²) in [5.74, 6) is -2.23. The van der Waals surface area contributed by atoms with Crippen molar-refractivity contribution in [1.82, 2.24) is 0 Å². The Labute approximate surface area is 142 Å². The third-order valence-electron chi connectivity index (χ3n) is 3.63. The standard InChI is InChI=1S/C11H16.C9H8O4/c1-2-3-5-8-11-9-6-4-7-10-11;1-5-2-3-6(8(10)11)4-7(5)9(12)13/h4,6-7,9-10H,2-3,5,8H2,1H3;2-4H,1H3,(H,10,11)(H,12,13). The molecule has 0 heterocycles. The van der Waals surface area contributed by atoms with E-state index in [1.165, 1.54) is 43.4 Å². The monoisotopic (exact) mass is 328 g/mol. The normalized spacial score (nSPS) is 9.75. The van der Waals surface area contributed by atoms with Crippen LogP contribution in [0.5, 0.6) is 0 Å². The highest BCUT2D eigenvalue weighted by Crippen LogP contribution is 2.11. The van der Waals surface area contributed by atoms with Crippen LogP contribution in [0.15, 0.2) is 48.5 Å². The lowest BCUT2D eigenvalue weighted by molar-refractivity contribution is 0.0695. The number of rotatable bonds is 6. The van der Waals surface area contributed by atoms with Crippen LogP contribution in [0.25, 0.3) is 0 Å². The third-order valence-corrected chi connectivity index (χ3v) is 3.63. The van der Waals surface area contributed by atoms with Crippen molar-refractivity contribution in [2.45, 2.75) is 39.5 Å². The fourth-order valence-corrected chi connectivity index (χ4v) is 2.21. The maximum Gasteiger partial charge on any atom is 0.335 e. The molecule has 0 saturated heterocycles. The number of unbranched alkanes of at least 4 members (excludes halogenated alkanes) is 2. The van der Waals surface area contributed by atoms with E-state index >= 15 is 0 Å². The van der Waals surface area contributed by atoms with E-state index in [9.17, 15) is 9.59 Å². The van der Waals surface area contributed by atoms with Gasteiger partial charge in [-0.1, -0.05) is 56.2 Å². The maximum atomic E-state index is 10.6. The number of carboxylic acids is 2. The Balaban J connectivity index is 0.000000243. The van der Waals surface area contributed by atoms with Crippen molar-refractivity contribution in [2.24, 2.45) is 0 Å². The molecule has 4 heteroatoms. The minimum atomic E-state index is -1.12. The highest BCUT2D eigenvalue weighted by molar-refractivity contribution is 5.94. The van der Waals surface area contributed by atoms with Gasteiger partial charge >= 0.3 is 11.9 Å². The molecule has 0 saturated carbocycles. The summed E-state index contributed by atoms with van der Waals surface area (Å²) in [5, 5.41) is 17.3. The Bertz CT molecular complexity index is 663. The Kier molecular flexibility index (Phi) is 8.26. The van der Waals surface area contributed by atoms with E-state index in [1.54, 1.807) is 6.92 Å². The lowest BCUT2D eigenvalue weighted by Crippen LogP contribution is -2.03. The van der Waals surface area contributed by atoms with Crippen LogP contribution in [0.2, 0.25) is 0 Å². The van der Waals surface area contributed by atoms with Crippen LogP contribution in [-0.2, 0) is 6.42 Å². The second kappa shape index (κ2) is 10.2. The van der Waals surface area contributed by atoms with Crippen LogP contribution in [0.3, 0.4) is 0 Å². The summed E-state index contributed by atoms with van der Waals surface area (Å²) in [6.07, 6.45) is 5.25. The predicted molar refractivity (Wildman–Crippen MR) is 94.8 cm³/mol. The Morgan fingerprint density at radius 2 is 1.58 bits per heavy atom. The van der Waals surface area contributed by atoms with Gasteiger partial charge in [-0.25, -0.2) is 9.59 Å². The quantitative estimate of drug-likeness (QED) is 0.746. The molecule has 0 amide bonds. The summed E-state index contributed by atoms with van der Waals surface area (Å²) >= 11 is 0. The molecule has 0 aromatic heterocycles. The number of benzene rings is 2. The van der Waals surface area contributed by atoms with Gasteiger partial charge in [-0.05, 0) is 43.0 Å². The average Bonchev–Trinajstić information content (AvgIpc) is 2.56. The van der Waals surface area contributed by atoms with Crippen molar-refractivity contribution in [2.75, 3.05) is 0 Å². The van der Waals surface area contributed by atoms with Crippen LogP contribution in [-0.4, -0.2) is 22.2 Å². The lowest BCUT2D eigenvalue weighted by Gasteiger charge is -2.01. The first kappa shape index (κ1) is 19.4. The van der Waals surface area contributed by atoms with Crippen molar-refractivity contribution in [3.63, 3.8) is 0 Å². The molecule has 0 fully saturated rings. The number of hydrogen-bond donors (Lipinski definition) is 2. The third kappa shape index (κ3) is 6.65. The van der Waals surface area contributed by atoms with Gasteiger partial charge in [0.15, 0.2) is 0 Å². The molecule has 128 valence electrons. The lowest BCUT2D eigenvalue weighted by atomic mass is 10.1. The molecule has 0 aliphatic rings. The minimum Gasteiger partial charge on any atom is -0.478 e. The fourth-order valence-electron chi connectivity index (χ4n) is 2.21. The van der Waals surface area contributed by atoms with Crippen molar-refractivity contribution in [3.8, 4) is 0 Å². The molecule has 2 aromatic rings. The second-order valence-corrected chi connectivity index (χ2v) is 5.58. The van der Waals surface area contributed by atoms with Crippen LogP contribution in [0.4, 0.5) is 0 Å². The van der Waals surface area contributed by atoms with Gasteiger partial charge in [-0.15, -0.1) is 0 Å². The maximum absolute atomic E-state index is 10.6. The molecule has 0 aliphatic carbocycles. The zero-order valence-corrected chi connectivity index (χ0v) is 14.2. The fraction of sp³-hybridized carbons (Fsp3) is 0.300. The first-order valence-electron chi connectivity index (χ1n) is 8.06. The van der Waals surface area contributed by atoms with E-state index in [0.29, 0.717) is 5.56 Å². The number of hydrogen-bond acceptors (Lipinski definition) is 2. The van der Waals surface area contributed by atoms with Gasteiger partial charge in [0.2, 0.25) is 0 Å². The van der Waals surface area contributed by atoms with E-state index in [-0.39, 0.29) is 11.1 Å². The van der Waals surface area contributed by atoms with Crippen LogP contribution >= 0.6 is 0 Å². The Morgan fingerprint density at radius 3 is 2.12 bits per heavy atom. The first-order valence-corrected chi connectivity index (χ1v) is 8.06. The Hall–Kier alpha value is -2.62. The number of aryl methyl sites for hydroxylation is 2. The highest BCUT2D eigenvalue weighted by Gasteiger charge is 2.10. The van der Waals surface area contributed by atoms with Crippen LogP contribution in [0.1, 0.15) is 58.0 Å². The van der Waals surface area contributed by atoms with Gasteiger partial charge in [0.25, 0.3) is 0 Å². The summed E-state index contributed by atoms with van der Waals surface area (Å²) in [6.45, 7) is 3.86. The molecule has 2 N–H and O–H groups in total. The average molecular weight is 328 g/mol. The van der Waals surface area contributed by atoms with Gasteiger partial charge < -0.3 is 10.2 Å². The van der Waals surface area contributed by atoms with Gasteiger partial charge in [0.1, 0.15) is 0 Å². The zero-order chi connectivity index (χ0) is 17.9. The summed E-state index contributed by atoms with van der Waals surface area (Å²) < 4.78 is 0. The van der Waals surface area contributed by atoms with Crippen LogP contribution in [0, 0.1) is 6.92 Å². The molecule has 0 spiro atoms. The molecule has 2 aromatic carbocycles. The van der Waals surface area contributed by atoms with Gasteiger partial charge in [0.05, 0.1) is 11.1 Å². The second-order valence-electron chi connectivity index (χ2n) is 5.58. The molecule has 4 nitrogen and oxygen atoms in total. The van der Waals surface area contributed by atoms with Gasteiger partial charge in [-0.2, -0.15) is 0 Å². The Morgan fingerprint density at radius 1 is 0.917 bits per heavy atom. The molecule has 0 radical (unpaired) electrons. The van der Waals surface area contributed by atoms with E-state index < -0.39 is 11.9 Å². The topological polar surface area (TPSA) is 74.6 Å². The number of carboxylic acid groups (broad SMARTS) is 2. The van der Waals surface area contributed by atoms with Crippen molar-refractivity contribution in [3.05, 3.63) is 70.8 Å². The van der Waals surface area contributed by atoms with Crippen molar-refractivity contribution < 1.29 is 19.8 Å². The summed E-state index contributed by atoms with van der Waals surface area (Å²) in [7, 11) is 0. The molecule has 0 unspecified atom stereocenters. The SMILES string of the molecule is CCCCCc1ccccc1.Cc1ccc(C(=O)O)cc1C(=O)O. The molecule has 0 atom stereocenters. The molecule has 2 rings (SSSR count). The van der Waals surface area contributed by atoms with E-state index in [0.717, 1.165) is 6.07 Å². The largest absolute Gasteiger partial charge is 0.478 e. The van der Waals surface area contributed by atoms with Crippen molar-refractivity contribution >= 4 is 11.9 Å². The van der Waals surface area contributed by atoms with Gasteiger partial charge in [-0.3, -0.25) is 0 Å². The predicted octanol–water partition coefficient (Wildman–Crippen LogP) is 4.81. The molecule has 0 aliphatic heterocycles. The van der Waals surface area contributed by atoms with Crippen molar-refractivity contribution in [1.29, 1.82) is 0 Å². The number of aromatic carboxylic acids is 2. The summed E-state index contributed by atoms with van der Waals surface area (Å²) in [5.41, 5.74) is 2.04. The summed E-state index contributed by atoms with van der Waals surface area (Å²) in [4.78, 5) is 21.1. The molecule has 24 heavy (non-hydrogen) atoms. The van der Waals surface area contributed by atoms with E-state index in [2.05, 4.69) is 37.3 Å². The molecule has 0 bridgehead atoms. The summed E-state index contributed by atoms with van der Waals surface area (Å²) in [6, 6.07) is 14.7. The van der Waals surface area contributed by atoms with Gasteiger partial charge in [0, 0.05) is 0 Å². The number of carbonyl (C=O) groups is 2. The van der Waals surface area contributed by atoms with E-state index in [4.69, 9.17) is 10.2 Å². The van der Waals surface area contributed by atoms with Crippen LogP contribution < -0.4 is 0 Å². The molecular weight excluding hydrogens is 304 g/mol. The minimum absolute atomic E-state index is 0.0111. The zero-order valence-electron chi connectivity index (χ0n) is 14.2. The molecular formula is C20H24O4. The highest BCUT2D eigenvalue weighted by atomic mass is 16.4.